The molecule has 1 aromatic rings. The zero-order chi connectivity index (χ0) is 18.6. The Morgan fingerprint density at radius 2 is 1.84 bits per heavy atom. The van der Waals surface area contributed by atoms with Crippen LogP contribution in [0.2, 0.25) is 0 Å². The van der Waals surface area contributed by atoms with Gasteiger partial charge in [0, 0.05) is 6.54 Å². The highest BCUT2D eigenvalue weighted by Gasteiger charge is 2.51. The molecule has 0 bridgehead atoms. The standard InChI is InChI=1S/C18H25NO6/c1-12(11-20)19(10-13-8-6-5-7-9-13)16(21)14-15(17(22)23-4)25-18(2,3)24-14/h5-9,12,14-15,20H,10-11H2,1-4H3/t12-,14+,15+/m0/s1. The minimum Gasteiger partial charge on any atom is -0.467 e. The summed E-state index contributed by atoms with van der Waals surface area (Å²) >= 11 is 0. The van der Waals surface area contributed by atoms with Crippen LogP contribution in [0.3, 0.4) is 0 Å². The average Bonchev–Trinajstić information content (AvgIpc) is 2.94. The molecule has 1 N–H and O–H groups in total. The predicted molar refractivity (Wildman–Crippen MR) is 89.4 cm³/mol. The monoisotopic (exact) mass is 351 g/mol. The molecular formula is C18H25NO6. The number of benzene rings is 1. The van der Waals surface area contributed by atoms with Crippen molar-refractivity contribution in [3.05, 3.63) is 35.9 Å². The third-order valence-electron chi connectivity index (χ3n) is 4.05. The highest BCUT2D eigenvalue weighted by Crippen LogP contribution is 2.30. The van der Waals surface area contributed by atoms with Gasteiger partial charge in [0.2, 0.25) is 0 Å². The van der Waals surface area contributed by atoms with Crippen molar-refractivity contribution in [2.45, 2.75) is 51.4 Å². The van der Waals surface area contributed by atoms with E-state index in [0.29, 0.717) is 0 Å². The Morgan fingerprint density at radius 3 is 2.40 bits per heavy atom. The quantitative estimate of drug-likeness (QED) is 0.772. The molecule has 0 unspecified atom stereocenters. The van der Waals surface area contributed by atoms with Crippen LogP contribution in [0.5, 0.6) is 0 Å². The van der Waals surface area contributed by atoms with E-state index in [2.05, 4.69) is 0 Å². The summed E-state index contributed by atoms with van der Waals surface area (Å²) in [7, 11) is 1.23. The SMILES string of the molecule is COC(=O)[C@@H]1OC(C)(C)O[C@H]1C(=O)N(Cc1ccccc1)[C@@H](C)CO. The predicted octanol–water partition coefficient (Wildman–Crippen LogP) is 1.09. The van der Waals surface area contributed by atoms with Gasteiger partial charge in [-0.05, 0) is 26.3 Å². The lowest BCUT2D eigenvalue weighted by atomic mass is 10.1. The maximum atomic E-state index is 13.1. The highest BCUT2D eigenvalue weighted by atomic mass is 16.8. The topological polar surface area (TPSA) is 85.3 Å². The van der Waals surface area contributed by atoms with Gasteiger partial charge in [0.1, 0.15) is 0 Å². The van der Waals surface area contributed by atoms with Crippen LogP contribution in [0.15, 0.2) is 30.3 Å². The van der Waals surface area contributed by atoms with Crippen molar-refractivity contribution in [1.82, 2.24) is 4.90 Å². The third-order valence-corrected chi connectivity index (χ3v) is 4.05. The molecule has 1 saturated heterocycles. The van der Waals surface area contributed by atoms with Gasteiger partial charge in [0.25, 0.3) is 5.91 Å². The molecule has 7 nitrogen and oxygen atoms in total. The molecule has 1 fully saturated rings. The maximum absolute atomic E-state index is 13.1. The van der Waals surface area contributed by atoms with E-state index in [9.17, 15) is 14.7 Å². The number of aliphatic hydroxyl groups is 1. The third kappa shape index (κ3) is 4.56. The van der Waals surface area contributed by atoms with Crippen molar-refractivity contribution in [3.63, 3.8) is 0 Å². The van der Waals surface area contributed by atoms with Crippen molar-refractivity contribution in [3.8, 4) is 0 Å². The summed E-state index contributed by atoms with van der Waals surface area (Å²) < 4.78 is 15.9. The lowest BCUT2D eigenvalue weighted by Gasteiger charge is -2.31. The number of nitrogens with zero attached hydrogens (tertiary/aromatic N) is 1. The van der Waals surface area contributed by atoms with Crippen molar-refractivity contribution in [1.29, 1.82) is 0 Å². The van der Waals surface area contributed by atoms with Crippen LogP contribution in [-0.2, 0) is 30.3 Å². The summed E-state index contributed by atoms with van der Waals surface area (Å²) in [5.41, 5.74) is 0.906. The van der Waals surface area contributed by atoms with Crippen molar-refractivity contribution >= 4 is 11.9 Å². The van der Waals surface area contributed by atoms with Crippen LogP contribution in [0.25, 0.3) is 0 Å². The fraction of sp³-hybridized carbons (Fsp3) is 0.556. The normalized spacial score (nSPS) is 23.1. The second-order valence-electron chi connectivity index (χ2n) is 6.48. The van der Waals surface area contributed by atoms with Gasteiger partial charge in [-0.1, -0.05) is 30.3 Å². The molecule has 0 aliphatic carbocycles. The van der Waals surface area contributed by atoms with Gasteiger partial charge < -0.3 is 24.2 Å². The van der Waals surface area contributed by atoms with Crippen LogP contribution in [0, 0.1) is 0 Å². The van der Waals surface area contributed by atoms with Gasteiger partial charge in [-0.25, -0.2) is 4.79 Å². The Kier molecular flexibility index (Phi) is 6.16. The smallest absolute Gasteiger partial charge is 0.338 e. The minimum atomic E-state index is -1.14. The number of methoxy groups -OCH3 is 1. The Balaban J connectivity index is 2.26. The van der Waals surface area contributed by atoms with Crippen LogP contribution < -0.4 is 0 Å². The van der Waals surface area contributed by atoms with E-state index in [1.54, 1.807) is 20.8 Å². The summed E-state index contributed by atoms with van der Waals surface area (Å²) in [4.78, 5) is 26.5. The molecule has 1 aliphatic rings. The number of amides is 1. The first kappa shape index (κ1) is 19.4. The van der Waals surface area contributed by atoms with Crippen LogP contribution in [0.4, 0.5) is 0 Å². The number of esters is 1. The lowest BCUT2D eigenvalue weighted by molar-refractivity contribution is -0.169. The molecule has 0 spiro atoms. The Labute approximate surface area is 147 Å². The van der Waals surface area contributed by atoms with Crippen molar-refractivity contribution in [2.24, 2.45) is 0 Å². The minimum absolute atomic E-state index is 0.210. The fourth-order valence-corrected chi connectivity index (χ4v) is 2.72. The fourth-order valence-electron chi connectivity index (χ4n) is 2.72. The zero-order valence-corrected chi connectivity index (χ0v) is 15.0. The van der Waals surface area contributed by atoms with Gasteiger partial charge in [-0.3, -0.25) is 4.79 Å². The molecule has 3 atom stereocenters. The van der Waals surface area contributed by atoms with Crippen LogP contribution in [-0.4, -0.2) is 59.6 Å². The molecule has 1 heterocycles. The second-order valence-corrected chi connectivity index (χ2v) is 6.48. The molecule has 1 aliphatic heterocycles. The Hall–Kier alpha value is -1.96. The Bertz CT molecular complexity index is 603. The van der Waals surface area contributed by atoms with Gasteiger partial charge in [0.05, 0.1) is 19.8 Å². The molecule has 25 heavy (non-hydrogen) atoms. The van der Waals surface area contributed by atoms with E-state index >= 15 is 0 Å². The number of carbonyl (C=O) groups excluding carboxylic acids is 2. The van der Waals surface area contributed by atoms with Gasteiger partial charge >= 0.3 is 5.97 Å². The summed E-state index contributed by atoms with van der Waals surface area (Å²) in [6, 6.07) is 8.96. The molecular weight excluding hydrogens is 326 g/mol. The number of hydrogen-bond donors (Lipinski definition) is 1. The summed E-state index contributed by atoms with van der Waals surface area (Å²) in [6.45, 7) is 5.07. The molecule has 0 saturated carbocycles. The van der Waals surface area contributed by atoms with E-state index < -0.39 is 35.9 Å². The van der Waals surface area contributed by atoms with Crippen LogP contribution >= 0.6 is 0 Å². The van der Waals surface area contributed by atoms with E-state index in [1.807, 2.05) is 30.3 Å². The van der Waals surface area contributed by atoms with Gasteiger partial charge in [-0.15, -0.1) is 0 Å². The Morgan fingerprint density at radius 1 is 1.24 bits per heavy atom. The largest absolute Gasteiger partial charge is 0.467 e. The van der Waals surface area contributed by atoms with Crippen molar-refractivity contribution < 1.29 is 28.9 Å². The molecule has 1 amide bonds. The molecule has 2 rings (SSSR count). The van der Waals surface area contributed by atoms with E-state index in [4.69, 9.17) is 14.2 Å². The first-order valence-electron chi connectivity index (χ1n) is 8.18. The van der Waals surface area contributed by atoms with E-state index in [1.165, 1.54) is 12.0 Å². The number of aliphatic hydroxyl groups excluding tert-OH is 1. The van der Waals surface area contributed by atoms with Crippen molar-refractivity contribution in [2.75, 3.05) is 13.7 Å². The summed E-state index contributed by atoms with van der Waals surface area (Å²) in [5, 5.41) is 9.54. The number of ether oxygens (including phenoxy) is 3. The summed E-state index contributed by atoms with van der Waals surface area (Å²) in [5.74, 6) is -2.17. The first-order valence-corrected chi connectivity index (χ1v) is 8.18. The average molecular weight is 351 g/mol. The lowest BCUT2D eigenvalue weighted by Crippen LogP contribution is -2.50. The number of carbonyl (C=O) groups is 2. The molecule has 1 aromatic carbocycles. The van der Waals surface area contributed by atoms with Crippen LogP contribution in [0.1, 0.15) is 26.3 Å². The maximum Gasteiger partial charge on any atom is 0.338 e. The molecule has 0 radical (unpaired) electrons. The molecule has 7 heteroatoms. The number of rotatable bonds is 6. The highest BCUT2D eigenvalue weighted by molar-refractivity contribution is 5.89. The van der Waals surface area contributed by atoms with Gasteiger partial charge in [-0.2, -0.15) is 0 Å². The molecule has 0 aromatic heterocycles. The molecule has 138 valence electrons. The van der Waals surface area contributed by atoms with Gasteiger partial charge in [0.15, 0.2) is 18.0 Å². The zero-order valence-electron chi connectivity index (χ0n) is 15.0. The summed E-state index contributed by atoms with van der Waals surface area (Å²) in [6.07, 6.45) is -2.27. The first-order chi connectivity index (χ1) is 11.8. The van der Waals surface area contributed by atoms with E-state index in [0.717, 1.165) is 5.56 Å². The van der Waals surface area contributed by atoms with E-state index in [-0.39, 0.29) is 13.2 Å². The number of hydrogen-bond acceptors (Lipinski definition) is 6. The second kappa shape index (κ2) is 7.95.